The number of nitrogens with one attached hydrogen (secondary N) is 1. The highest BCUT2D eigenvalue weighted by Crippen LogP contribution is 2.45. The van der Waals surface area contributed by atoms with E-state index in [2.05, 4.69) is 56.7 Å². The number of rotatable bonds is 3. The lowest BCUT2D eigenvalue weighted by molar-refractivity contribution is -0.105. The first-order chi connectivity index (χ1) is 16.2. The normalized spacial score (nSPS) is 15.6. The van der Waals surface area contributed by atoms with Gasteiger partial charge in [-0.1, -0.05) is 57.8 Å². The summed E-state index contributed by atoms with van der Waals surface area (Å²) in [6.45, 7) is 10.8. The molecule has 34 heavy (non-hydrogen) atoms. The number of fused-ring (bicyclic) bond motifs is 3. The minimum atomic E-state index is 0.144. The summed E-state index contributed by atoms with van der Waals surface area (Å²) < 4.78 is 3.36. The van der Waals surface area contributed by atoms with E-state index in [9.17, 15) is 4.79 Å². The Morgan fingerprint density at radius 3 is 2.53 bits per heavy atom. The summed E-state index contributed by atoms with van der Waals surface area (Å²) in [5.41, 5.74) is 4.52. The van der Waals surface area contributed by atoms with E-state index < -0.39 is 0 Å². The number of carbonyl (C=O) groups excluding carboxylic acids is 1. The molecular weight excluding hydrogens is 477 g/mol. The Bertz CT molecular complexity index is 1300. The Kier molecular flexibility index (Phi) is 7.83. The fourth-order valence-electron chi connectivity index (χ4n) is 4.11. The summed E-state index contributed by atoms with van der Waals surface area (Å²) in [4.78, 5) is 18.7. The number of pyridine rings is 1. The van der Waals surface area contributed by atoms with Gasteiger partial charge in [-0.25, -0.2) is 19.2 Å². The molecule has 4 aromatic rings. The van der Waals surface area contributed by atoms with Crippen LogP contribution in [0.2, 0.25) is 10.2 Å². The van der Waals surface area contributed by atoms with Crippen LogP contribution in [0.15, 0.2) is 24.5 Å². The Morgan fingerprint density at radius 2 is 1.91 bits per heavy atom. The third-order valence-electron chi connectivity index (χ3n) is 5.37. The maximum Gasteiger partial charge on any atom is 0.211 e. The fraction of sp³-hybridized carbons (Fsp3) is 0.409. The molecule has 0 saturated heterocycles. The smallest absolute Gasteiger partial charge is 0.211 e. The van der Waals surface area contributed by atoms with E-state index in [4.69, 9.17) is 23.2 Å². The fourth-order valence-corrected chi connectivity index (χ4v) is 4.53. The molecule has 0 radical (unpaired) electrons. The minimum absolute atomic E-state index is 0.144. The molecule has 12 heteroatoms. The summed E-state index contributed by atoms with van der Waals surface area (Å²) in [5.74, 6) is 1.01. The number of aromatic nitrogens is 8. The van der Waals surface area contributed by atoms with Crippen LogP contribution in [-0.2, 0) is 17.3 Å². The van der Waals surface area contributed by atoms with Crippen molar-refractivity contribution in [3.05, 3.63) is 46.0 Å². The maximum atomic E-state index is 10.2. The first kappa shape index (κ1) is 25.5. The largest absolute Gasteiger partial charge is 0.327 e. The molecule has 1 aliphatic rings. The average Bonchev–Trinajstić information content (AvgIpc) is 3.45. The molecule has 1 aliphatic carbocycles. The molecule has 180 valence electrons. The van der Waals surface area contributed by atoms with Gasteiger partial charge in [0, 0.05) is 24.7 Å². The number of anilines is 1. The van der Waals surface area contributed by atoms with E-state index in [-0.39, 0.29) is 5.41 Å². The van der Waals surface area contributed by atoms with Gasteiger partial charge in [0.15, 0.2) is 10.8 Å². The number of amides is 1. The molecule has 4 heterocycles. The predicted octanol–water partition coefficient (Wildman–Crippen LogP) is 4.69. The second-order valence-electron chi connectivity index (χ2n) is 8.23. The van der Waals surface area contributed by atoms with Crippen molar-refractivity contribution in [2.24, 2.45) is 7.05 Å². The van der Waals surface area contributed by atoms with Crippen molar-refractivity contribution in [1.82, 2.24) is 39.8 Å². The van der Waals surface area contributed by atoms with Crippen molar-refractivity contribution >= 4 is 40.9 Å². The van der Waals surface area contributed by atoms with Gasteiger partial charge in [0.25, 0.3) is 0 Å². The second kappa shape index (κ2) is 10.4. The standard InChI is InChI=1S/C12H14ClN3.C8H7ClN6O.C2H6/c1-7-5-12(2,3)11-8(7)6-14-10-4-9(13)15-16(10)11;1-15-8(12-13-14-15)7-6(9)2-5(3-10-7)11-4-16;1-2/h4,6-7H,5H2,1-3H3;2-4H,1H3,(H,11,16);1-2H3. The van der Waals surface area contributed by atoms with E-state index in [1.165, 1.54) is 22.1 Å². The zero-order valence-electron chi connectivity index (χ0n) is 19.9. The van der Waals surface area contributed by atoms with E-state index in [1.807, 2.05) is 24.6 Å². The number of nitrogens with zero attached hydrogens (tertiary/aromatic N) is 8. The third-order valence-corrected chi connectivity index (χ3v) is 5.84. The van der Waals surface area contributed by atoms with Crippen molar-refractivity contribution in [3.63, 3.8) is 0 Å². The average molecular weight is 504 g/mol. The van der Waals surface area contributed by atoms with Crippen molar-refractivity contribution in [3.8, 4) is 11.5 Å². The number of hydrogen-bond donors (Lipinski definition) is 1. The second-order valence-corrected chi connectivity index (χ2v) is 9.03. The van der Waals surface area contributed by atoms with Gasteiger partial charge in [-0.2, -0.15) is 5.10 Å². The summed E-state index contributed by atoms with van der Waals surface area (Å²) in [5, 5.41) is 18.6. The lowest BCUT2D eigenvalue weighted by Crippen LogP contribution is -2.17. The molecule has 0 bridgehead atoms. The van der Waals surface area contributed by atoms with E-state index in [1.54, 1.807) is 19.2 Å². The molecule has 5 rings (SSSR count). The molecule has 4 aromatic heterocycles. The van der Waals surface area contributed by atoms with Gasteiger partial charge in [0.2, 0.25) is 12.2 Å². The van der Waals surface area contributed by atoms with E-state index >= 15 is 0 Å². The van der Waals surface area contributed by atoms with Gasteiger partial charge in [-0.15, -0.1) is 5.10 Å². The number of hydrogen-bond acceptors (Lipinski definition) is 7. The van der Waals surface area contributed by atoms with Gasteiger partial charge in [-0.05, 0) is 34.4 Å². The van der Waals surface area contributed by atoms with Crippen LogP contribution in [0.4, 0.5) is 5.69 Å². The molecular formula is C22H27Cl2N9O. The summed E-state index contributed by atoms with van der Waals surface area (Å²) in [7, 11) is 1.69. The molecule has 1 N–H and O–H groups in total. The van der Waals surface area contributed by atoms with Crippen LogP contribution < -0.4 is 5.32 Å². The van der Waals surface area contributed by atoms with Crippen LogP contribution in [0, 0.1) is 0 Å². The van der Waals surface area contributed by atoms with Crippen LogP contribution in [0.1, 0.15) is 58.2 Å². The number of halogens is 2. The van der Waals surface area contributed by atoms with Crippen molar-refractivity contribution in [2.75, 3.05) is 5.32 Å². The number of carbonyl (C=O) groups is 1. The Labute approximate surface area is 207 Å². The Balaban J connectivity index is 0.000000178. The monoisotopic (exact) mass is 503 g/mol. The maximum absolute atomic E-state index is 10.2. The van der Waals surface area contributed by atoms with Crippen LogP contribution in [0.25, 0.3) is 17.2 Å². The first-order valence-corrected chi connectivity index (χ1v) is 11.6. The van der Waals surface area contributed by atoms with E-state index in [0.717, 1.165) is 12.1 Å². The van der Waals surface area contributed by atoms with Crippen LogP contribution in [-0.4, -0.2) is 46.2 Å². The molecule has 1 atom stereocenters. The van der Waals surface area contributed by atoms with Crippen molar-refractivity contribution < 1.29 is 4.79 Å². The first-order valence-electron chi connectivity index (χ1n) is 10.8. The zero-order valence-corrected chi connectivity index (χ0v) is 21.4. The summed E-state index contributed by atoms with van der Waals surface area (Å²) in [6.07, 6.45) is 5.14. The highest BCUT2D eigenvalue weighted by Gasteiger charge is 2.37. The summed E-state index contributed by atoms with van der Waals surface area (Å²) in [6, 6.07) is 3.38. The SMILES string of the molecule is CC.CC1CC(C)(C)c2c1cnc1cc(Cl)nn21.Cn1nnnc1-c1ncc(NC=O)cc1Cl. The van der Waals surface area contributed by atoms with Crippen LogP contribution >= 0.6 is 23.2 Å². The molecule has 1 unspecified atom stereocenters. The lowest BCUT2D eigenvalue weighted by atomic mass is 9.89. The molecule has 0 saturated carbocycles. The zero-order chi connectivity index (χ0) is 25.0. The molecule has 0 fully saturated rings. The lowest BCUT2D eigenvalue weighted by Gasteiger charge is -2.19. The third kappa shape index (κ3) is 5.02. The summed E-state index contributed by atoms with van der Waals surface area (Å²) >= 11 is 11.9. The van der Waals surface area contributed by atoms with Gasteiger partial charge < -0.3 is 5.32 Å². The molecule has 1 amide bonds. The highest BCUT2D eigenvalue weighted by atomic mass is 35.5. The topological polar surface area (TPSA) is 116 Å². The van der Waals surface area contributed by atoms with Gasteiger partial charge in [0.05, 0.1) is 22.6 Å². The molecule has 10 nitrogen and oxygen atoms in total. The van der Waals surface area contributed by atoms with Gasteiger partial charge in [0.1, 0.15) is 5.69 Å². The van der Waals surface area contributed by atoms with Crippen molar-refractivity contribution in [1.29, 1.82) is 0 Å². The predicted molar refractivity (Wildman–Crippen MR) is 132 cm³/mol. The number of tetrazole rings is 1. The Hall–Kier alpha value is -3.11. The van der Waals surface area contributed by atoms with Crippen LogP contribution in [0.5, 0.6) is 0 Å². The van der Waals surface area contributed by atoms with Crippen LogP contribution in [0.3, 0.4) is 0 Å². The molecule has 0 aromatic carbocycles. The quantitative estimate of drug-likeness (QED) is 0.403. The number of aryl methyl sites for hydroxylation is 1. The van der Waals surface area contributed by atoms with E-state index in [0.29, 0.717) is 39.7 Å². The highest BCUT2D eigenvalue weighted by molar-refractivity contribution is 6.33. The molecule has 0 aliphatic heterocycles. The van der Waals surface area contributed by atoms with Gasteiger partial charge >= 0.3 is 0 Å². The minimum Gasteiger partial charge on any atom is -0.327 e. The van der Waals surface area contributed by atoms with Crippen molar-refractivity contribution in [2.45, 2.75) is 52.4 Å². The van der Waals surface area contributed by atoms with Gasteiger partial charge in [-0.3, -0.25) is 4.79 Å². The Morgan fingerprint density at radius 1 is 1.18 bits per heavy atom. The molecule has 0 spiro atoms.